The molecule has 29 heavy (non-hydrogen) atoms. The minimum Gasteiger partial charge on any atom is -0.467 e. The molecule has 1 unspecified atom stereocenters. The lowest BCUT2D eigenvalue weighted by Crippen LogP contribution is -2.24. The predicted molar refractivity (Wildman–Crippen MR) is 113 cm³/mol. The Labute approximate surface area is 177 Å². The SMILES string of the molecule is CCc1cc(-c2nnc(SCC(=O)NCc3ccco3)n2CC2CCCO2)cs1. The Morgan fingerprint density at radius 1 is 1.45 bits per heavy atom. The van der Waals surface area contributed by atoms with Crippen LogP contribution < -0.4 is 5.32 Å². The Hall–Kier alpha value is -2.10. The quantitative estimate of drug-likeness (QED) is 0.519. The first kappa shape index (κ1) is 20.2. The van der Waals surface area contributed by atoms with Crippen molar-refractivity contribution >= 4 is 29.0 Å². The first-order valence-corrected chi connectivity index (χ1v) is 11.6. The molecule has 0 aliphatic carbocycles. The number of rotatable bonds is 9. The molecule has 1 fully saturated rings. The van der Waals surface area contributed by atoms with Crippen molar-refractivity contribution in [3.63, 3.8) is 0 Å². The van der Waals surface area contributed by atoms with Crippen molar-refractivity contribution in [3.05, 3.63) is 40.5 Å². The van der Waals surface area contributed by atoms with Crippen LogP contribution in [0.15, 0.2) is 39.4 Å². The molecule has 3 aromatic heterocycles. The van der Waals surface area contributed by atoms with Gasteiger partial charge in [0.15, 0.2) is 11.0 Å². The minimum absolute atomic E-state index is 0.0663. The van der Waals surface area contributed by atoms with Gasteiger partial charge >= 0.3 is 0 Å². The van der Waals surface area contributed by atoms with Crippen molar-refractivity contribution in [3.8, 4) is 11.4 Å². The van der Waals surface area contributed by atoms with Crippen LogP contribution in [0.2, 0.25) is 0 Å². The summed E-state index contributed by atoms with van der Waals surface area (Å²) < 4.78 is 13.2. The normalized spacial score (nSPS) is 16.4. The van der Waals surface area contributed by atoms with E-state index in [4.69, 9.17) is 9.15 Å². The topological polar surface area (TPSA) is 82.2 Å². The molecule has 9 heteroatoms. The first-order valence-electron chi connectivity index (χ1n) is 9.77. The van der Waals surface area contributed by atoms with Crippen LogP contribution in [-0.2, 0) is 29.0 Å². The highest BCUT2D eigenvalue weighted by Crippen LogP contribution is 2.29. The Morgan fingerprint density at radius 3 is 3.10 bits per heavy atom. The van der Waals surface area contributed by atoms with E-state index in [0.717, 1.165) is 48.2 Å². The molecule has 1 N–H and O–H groups in total. The number of furan rings is 1. The van der Waals surface area contributed by atoms with E-state index >= 15 is 0 Å². The van der Waals surface area contributed by atoms with Crippen molar-refractivity contribution < 1.29 is 13.9 Å². The van der Waals surface area contributed by atoms with Gasteiger partial charge in [-0.2, -0.15) is 0 Å². The van der Waals surface area contributed by atoms with Gasteiger partial charge in [0.05, 0.1) is 31.2 Å². The van der Waals surface area contributed by atoms with Crippen LogP contribution in [0, 0.1) is 0 Å². The fourth-order valence-electron chi connectivity index (χ4n) is 3.23. The second-order valence-corrected chi connectivity index (χ2v) is 8.79. The summed E-state index contributed by atoms with van der Waals surface area (Å²) in [7, 11) is 0. The maximum atomic E-state index is 12.2. The summed E-state index contributed by atoms with van der Waals surface area (Å²) in [5.41, 5.74) is 1.08. The van der Waals surface area contributed by atoms with E-state index in [9.17, 15) is 4.79 Å². The van der Waals surface area contributed by atoms with Crippen molar-refractivity contribution in [2.24, 2.45) is 0 Å². The van der Waals surface area contributed by atoms with E-state index in [2.05, 4.69) is 38.5 Å². The second-order valence-electron chi connectivity index (χ2n) is 6.85. The molecule has 0 saturated carbocycles. The summed E-state index contributed by atoms with van der Waals surface area (Å²) in [5.74, 6) is 1.78. The van der Waals surface area contributed by atoms with Gasteiger partial charge in [-0.15, -0.1) is 21.5 Å². The molecule has 7 nitrogen and oxygen atoms in total. The van der Waals surface area contributed by atoms with Crippen molar-refractivity contribution in [1.82, 2.24) is 20.1 Å². The number of ether oxygens (including phenoxy) is 1. The number of aromatic nitrogens is 3. The van der Waals surface area contributed by atoms with Gasteiger partial charge in [0.25, 0.3) is 0 Å². The number of nitrogens with zero attached hydrogens (tertiary/aromatic N) is 3. The first-order chi connectivity index (χ1) is 14.2. The molecular formula is C20H24N4O3S2. The average molecular weight is 433 g/mol. The number of thioether (sulfide) groups is 1. The fourth-order valence-corrected chi connectivity index (χ4v) is 4.82. The van der Waals surface area contributed by atoms with Crippen molar-refractivity contribution in [2.45, 2.75) is 50.5 Å². The zero-order chi connectivity index (χ0) is 20.1. The molecule has 0 aromatic carbocycles. The Balaban J connectivity index is 1.45. The van der Waals surface area contributed by atoms with Gasteiger partial charge in [0.2, 0.25) is 5.91 Å². The third-order valence-corrected chi connectivity index (χ3v) is 6.81. The fraction of sp³-hybridized carbons (Fsp3) is 0.450. The highest BCUT2D eigenvalue weighted by Gasteiger charge is 2.22. The molecule has 0 radical (unpaired) electrons. The molecular weight excluding hydrogens is 408 g/mol. The zero-order valence-electron chi connectivity index (χ0n) is 16.3. The van der Waals surface area contributed by atoms with E-state index in [0.29, 0.717) is 13.1 Å². The van der Waals surface area contributed by atoms with E-state index in [1.165, 1.54) is 16.6 Å². The predicted octanol–water partition coefficient (Wildman–Crippen LogP) is 3.75. The van der Waals surface area contributed by atoms with Crippen LogP contribution in [0.3, 0.4) is 0 Å². The zero-order valence-corrected chi connectivity index (χ0v) is 17.9. The van der Waals surface area contributed by atoms with Gasteiger partial charge in [0.1, 0.15) is 5.76 Å². The van der Waals surface area contributed by atoms with E-state index in [-0.39, 0.29) is 17.8 Å². The number of carbonyl (C=O) groups excluding carboxylic acids is 1. The number of nitrogens with one attached hydrogen (secondary N) is 1. The summed E-state index contributed by atoms with van der Waals surface area (Å²) >= 11 is 3.13. The molecule has 154 valence electrons. The minimum atomic E-state index is -0.0663. The summed E-state index contributed by atoms with van der Waals surface area (Å²) in [6.07, 6.45) is 4.89. The van der Waals surface area contributed by atoms with Crippen LogP contribution in [0.4, 0.5) is 0 Å². The second kappa shape index (κ2) is 9.60. The van der Waals surface area contributed by atoms with Crippen molar-refractivity contribution in [1.29, 1.82) is 0 Å². The lowest BCUT2D eigenvalue weighted by molar-refractivity contribution is -0.118. The highest BCUT2D eigenvalue weighted by molar-refractivity contribution is 7.99. The molecule has 0 bridgehead atoms. The lowest BCUT2D eigenvalue weighted by Gasteiger charge is -2.14. The summed E-state index contributed by atoms with van der Waals surface area (Å²) in [6.45, 7) is 4.04. The van der Waals surface area contributed by atoms with Crippen LogP contribution >= 0.6 is 23.1 Å². The number of hydrogen-bond donors (Lipinski definition) is 1. The number of carbonyl (C=O) groups is 1. The number of aryl methyl sites for hydroxylation is 1. The molecule has 1 saturated heterocycles. The molecule has 1 aliphatic rings. The number of thiophene rings is 1. The van der Waals surface area contributed by atoms with Gasteiger partial charge in [-0.1, -0.05) is 18.7 Å². The third kappa shape index (κ3) is 5.09. The standard InChI is InChI=1S/C20H24N4O3S2/c1-2-17-9-14(12-28-17)19-22-23-20(24(19)11-16-6-4-8-27-16)29-13-18(25)21-10-15-5-3-7-26-15/h3,5,7,9,12,16H,2,4,6,8,10-11,13H2,1H3,(H,21,25). The average Bonchev–Trinajstić information content (AvgIpc) is 3.53. The van der Waals surface area contributed by atoms with Crippen LogP contribution in [0.25, 0.3) is 11.4 Å². The molecule has 3 aromatic rings. The molecule has 4 rings (SSSR count). The number of hydrogen-bond acceptors (Lipinski definition) is 7. The third-order valence-electron chi connectivity index (χ3n) is 4.76. The maximum absolute atomic E-state index is 12.2. The largest absolute Gasteiger partial charge is 0.467 e. The lowest BCUT2D eigenvalue weighted by atomic mass is 10.2. The monoisotopic (exact) mass is 432 g/mol. The Kier molecular flexibility index (Phi) is 6.68. The highest BCUT2D eigenvalue weighted by atomic mass is 32.2. The van der Waals surface area contributed by atoms with E-state index in [1.54, 1.807) is 23.7 Å². The summed E-state index contributed by atoms with van der Waals surface area (Å²) in [5, 5.41) is 14.5. The summed E-state index contributed by atoms with van der Waals surface area (Å²) in [6, 6.07) is 5.81. The Bertz CT molecular complexity index is 930. The van der Waals surface area contributed by atoms with Gasteiger partial charge in [-0.05, 0) is 37.5 Å². The van der Waals surface area contributed by atoms with Gasteiger partial charge in [-0.3, -0.25) is 9.36 Å². The van der Waals surface area contributed by atoms with Crippen molar-refractivity contribution in [2.75, 3.05) is 12.4 Å². The van der Waals surface area contributed by atoms with Gasteiger partial charge < -0.3 is 14.5 Å². The van der Waals surface area contributed by atoms with Gasteiger partial charge in [-0.25, -0.2) is 0 Å². The van der Waals surface area contributed by atoms with E-state index < -0.39 is 0 Å². The molecule has 1 aliphatic heterocycles. The number of amides is 1. The van der Waals surface area contributed by atoms with Gasteiger partial charge in [0, 0.05) is 22.4 Å². The molecule has 4 heterocycles. The van der Waals surface area contributed by atoms with E-state index in [1.807, 2.05) is 6.07 Å². The molecule has 0 spiro atoms. The van der Waals surface area contributed by atoms with Crippen LogP contribution in [0.1, 0.15) is 30.4 Å². The Morgan fingerprint density at radius 2 is 2.38 bits per heavy atom. The molecule has 1 atom stereocenters. The smallest absolute Gasteiger partial charge is 0.230 e. The molecule has 1 amide bonds. The van der Waals surface area contributed by atoms with Crippen LogP contribution in [-0.4, -0.2) is 39.1 Å². The summed E-state index contributed by atoms with van der Waals surface area (Å²) in [4.78, 5) is 13.6. The van der Waals surface area contributed by atoms with Crippen LogP contribution in [0.5, 0.6) is 0 Å². The maximum Gasteiger partial charge on any atom is 0.230 e.